The summed E-state index contributed by atoms with van der Waals surface area (Å²) in [5.74, 6) is -0.489. The lowest BCUT2D eigenvalue weighted by molar-refractivity contribution is 0.0196. The summed E-state index contributed by atoms with van der Waals surface area (Å²) >= 11 is 0. The summed E-state index contributed by atoms with van der Waals surface area (Å²) in [6.07, 6.45) is 6.55. The number of nitrogens with one attached hydrogen (secondary N) is 1. The Kier molecular flexibility index (Phi) is 3.33. The molecule has 0 atom stereocenters. The highest BCUT2D eigenvalue weighted by Crippen LogP contribution is 2.31. The molecule has 112 valence electrons. The number of anilines is 1. The van der Waals surface area contributed by atoms with E-state index < -0.39 is 11.5 Å². The van der Waals surface area contributed by atoms with Gasteiger partial charge in [0, 0.05) is 12.2 Å². The standard InChI is InChI=1S/C15H20N4O2/c1-15(21)6-4-10(5-7-15)18-13-11(14(16)20)9-17-19-8-2-3-12(13)19/h2-3,8-10,18,21H,4-7H2,1H3,(H2,16,20)/t10-,15+. The zero-order chi connectivity index (χ0) is 15.0. The SMILES string of the molecule is C[C@]1(O)CC[C@@H](Nc2c(C(N)=O)cnn3cccc23)CC1. The van der Waals surface area contributed by atoms with Crippen LogP contribution in [0.25, 0.3) is 5.52 Å². The fourth-order valence-corrected chi connectivity index (χ4v) is 2.92. The highest BCUT2D eigenvalue weighted by Gasteiger charge is 2.29. The molecule has 0 aromatic carbocycles. The van der Waals surface area contributed by atoms with Gasteiger partial charge < -0.3 is 16.2 Å². The number of hydrogen-bond acceptors (Lipinski definition) is 4. The molecule has 0 spiro atoms. The van der Waals surface area contributed by atoms with Gasteiger partial charge in [-0.3, -0.25) is 4.79 Å². The Hall–Kier alpha value is -2.08. The fourth-order valence-electron chi connectivity index (χ4n) is 2.92. The molecule has 1 amide bonds. The third-order valence-electron chi connectivity index (χ3n) is 4.24. The Morgan fingerprint density at radius 2 is 2.24 bits per heavy atom. The van der Waals surface area contributed by atoms with Gasteiger partial charge >= 0.3 is 0 Å². The second-order valence-electron chi connectivity index (χ2n) is 6.05. The van der Waals surface area contributed by atoms with Crippen molar-refractivity contribution < 1.29 is 9.90 Å². The highest BCUT2D eigenvalue weighted by atomic mass is 16.3. The van der Waals surface area contributed by atoms with Crippen LogP contribution >= 0.6 is 0 Å². The Morgan fingerprint density at radius 1 is 1.52 bits per heavy atom. The van der Waals surface area contributed by atoms with E-state index in [1.165, 1.54) is 6.20 Å². The highest BCUT2D eigenvalue weighted by molar-refractivity contribution is 6.01. The number of nitrogens with two attached hydrogens (primary N) is 1. The topological polar surface area (TPSA) is 92.6 Å². The van der Waals surface area contributed by atoms with E-state index in [1.54, 1.807) is 4.52 Å². The first-order valence-electron chi connectivity index (χ1n) is 7.21. The number of aromatic nitrogens is 2. The van der Waals surface area contributed by atoms with Gasteiger partial charge in [-0.1, -0.05) is 0 Å². The first-order chi connectivity index (χ1) is 9.96. The molecular weight excluding hydrogens is 268 g/mol. The Balaban J connectivity index is 1.90. The van der Waals surface area contributed by atoms with Crippen LogP contribution < -0.4 is 11.1 Å². The number of aliphatic hydroxyl groups is 1. The molecule has 0 bridgehead atoms. The largest absolute Gasteiger partial charge is 0.390 e. The normalized spacial score (nSPS) is 25.9. The average molecular weight is 288 g/mol. The van der Waals surface area contributed by atoms with Crippen LogP contribution in [0, 0.1) is 0 Å². The summed E-state index contributed by atoms with van der Waals surface area (Å²) in [5, 5.41) is 17.6. The van der Waals surface area contributed by atoms with E-state index in [0.29, 0.717) is 5.56 Å². The van der Waals surface area contributed by atoms with Gasteiger partial charge in [0.05, 0.1) is 28.6 Å². The van der Waals surface area contributed by atoms with Gasteiger partial charge in [0.2, 0.25) is 0 Å². The van der Waals surface area contributed by atoms with Crippen molar-refractivity contribution in [3.05, 3.63) is 30.1 Å². The molecule has 4 N–H and O–H groups in total. The van der Waals surface area contributed by atoms with Crippen LogP contribution in [0.4, 0.5) is 5.69 Å². The maximum absolute atomic E-state index is 11.6. The molecule has 0 radical (unpaired) electrons. The lowest BCUT2D eigenvalue weighted by Crippen LogP contribution is -2.36. The minimum absolute atomic E-state index is 0.226. The first kappa shape index (κ1) is 13.9. The van der Waals surface area contributed by atoms with E-state index >= 15 is 0 Å². The van der Waals surface area contributed by atoms with Gasteiger partial charge in [0.15, 0.2) is 0 Å². The van der Waals surface area contributed by atoms with Crippen LogP contribution in [0.3, 0.4) is 0 Å². The monoisotopic (exact) mass is 288 g/mol. The number of primary amides is 1. The van der Waals surface area contributed by atoms with E-state index in [2.05, 4.69) is 10.4 Å². The molecular formula is C15H20N4O2. The molecule has 3 rings (SSSR count). The van der Waals surface area contributed by atoms with Crippen LogP contribution in [0.5, 0.6) is 0 Å². The quantitative estimate of drug-likeness (QED) is 0.798. The molecule has 0 aliphatic heterocycles. The molecule has 1 aliphatic rings. The number of amides is 1. The summed E-state index contributed by atoms with van der Waals surface area (Å²) in [4.78, 5) is 11.6. The van der Waals surface area contributed by atoms with Gasteiger partial charge in [-0.05, 0) is 44.7 Å². The summed E-state index contributed by atoms with van der Waals surface area (Å²) in [6.45, 7) is 1.87. The van der Waals surface area contributed by atoms with E-state index in [4.69, 9.17) is 5.73 Å². The number of rotatable bonds is 3. The van der Waals surface area contributed by atoms with Gasteiger partial charge in [0.25, 0.3) is 5.91 Å². The van der Waals surface area contributed by atoms with Crippen molar-refractivity contribution in [1.29, 1.82) is 0 Å². The van der Waals surface area contributed by atoms with Crippen molar-refractivity contribution in [3.8, 4) is 0 Å². The Labute approximate surface area is 122 Å². The number of hydrogen-bond donors (Lipinski definition) is 3. The smallest absolute Gasteiger partial charge is 0.252 e. The summed E-state index contributed by atoms with van der Waals surface area (Å²) in [7, 11) is 0. The van der Waals surface area contributed by atoms with Crippen molar-refractivity contribution in [2.45, 2.75) is 44.2 Å². The fraction of sp³-hybridized carbons (Fsp3) is 0.467. The minimum Gasteiger partial charge on any atom is -0.390 e. The number of carbonyl (C=O) groups is 1. The van der Waals surface area contributed by atoms with E-state index in [-0.39, 0.29) is 6.04 Å². The summed E-state index contributed by atoms with van der Waals surface area (Å²) in [6, 6.07) is 4.01. The predicted molar refractivity (Wildman–Crippen MR) is 80.2 cm³/mol. The average Bonchev–Trinajstić information content (AvgIpc) is 2.89. The molecule has 21 heavy (non-hydrogen) atoms. The zero-order valence-corrected chi connectivity index (χ0v) is 12.0. The predicted octanol–water partition coefficient (Wildman–Crippen LogP) is 1.54. The third-order valence-corrected chi connectivity index (χ3v) is 4.24. The van der Waals surface area contributed by atoms with Crippen molar-refractivity contribution in [2.75, 3.05) is 5.32 Å². The van der Waals surface area contributed by atoms with Crippen LogP contribution in [-0.4, -0.2) is 32.3 Å². The van der Waals surface area contributed by atoms with E-state index in [0.717, 1.165) is 36.9 Å². The van der Waals surface area contributed by atoms with Crippen molar-refractivity contribution >= 4 is 17.1 Å². The first-order valence-corrected chi connectivity index (χ1v) is 7.21. The van der Waals surface area contributed by atoms with Crippen LogP contribution in [0.1, 0.15) is 43.0 Å². The van der Waals surface area contributed by atoms with Crippen molar-refractivity contribution in [3.63, 3.8) is 0 Å². The molecule has 0 saturated heterocycles. The van der Waals surface area contributed by atoms with Gasteiger partial charge in [-0.25, -0.2) is 4.52 Å². The van der Waals surface area contributed by atoms with E-state index in [1.807, 2.05) is 25.3 Å². The zero-order valence-electron chi connectivity index (χ0n) is 12.0. The van der Waals surface area contributed by atoms with Gasteiger partial charge in [-0.2, -0.15) is 5.10 Å². The Bertz CT molecular complexity index is 667. The van der Waals surface area contributed by atoms with Gasteiger partial charge in [-0.15, -0.1) is 0 Å². The van der Waals surface area contributed by atoms with Crippen LogP contribution in [-0.2, 0) is 0 Å². The number of fused-ring (bicyclic) bond motifs is 1. The summed E-state index contributed by atoms with van der Waals surface area (Å²) < 4.78 is 1.72. The maximum atomic E-state index is 11.6. The number of carbonyl (C=O) groups excluding carboxylic acids is 1. The molecule has 1 saturated carbocycles. The molecule has 2 aromatic heterocycles. The molecule has 2 heterocycles. The van der Waals surface area contributed by atoms with Gasteiger partial charge in [0.1, 0.15) is 0 Å². The van der Waals surface area contributed by atoms with Crippen molar-refractivity contribution in [1.82, 2.24) is 9.61 Å². The molecule has 0 unspecified atom stereocenters. The second-order valence-corrected chi connectivity index (χ2v) is 6.05. The second kappa shape index (κ2) is 5.04. The van der Waals surface area contributed by atoms with Crippen molar-refractivity contribution in [2.24, 2.45) is 5.73 Å². The lowest BCUT2D eigenvalue weighted by atomic mass is 9.83. The molecule has 1 aliphatic carbocycles. The molecule has 6 nitrogen and oxygen atoms in total. The third kappa shape index (κ3) is 2.71. The minimum atomic E-state index is -0.576. The molecule has 6 heteroatoms. The maximum Gasteiger partial charge on any atom is 0.252 e. The van der Waals surface area contributed by atoms with Crippen LogP contribution in [0.15, 0.2) is 24.5 Å². The van der Waals surface area contributed by atoms with E-state index in [9.17, 15) is 9.90 Å². The summed E-state index contributed by atoms with van der Waals surface area (Å²) in [5.41, 5.74) is 6.85. The molecule has 1 fully saturated rings. The lowest BCUT2D eigenvalue weighted by Gasteiger charge is -2.34. The molecule has 2 aromatic rings. The number of nitrogens with zero attached hydrogens (tertiary/aromatic N) is 2. The van der Waals surface area contributed by atoms with Crippen LogP contribution in [0.2, 0.25) is 0 Å². The Morgan fingerprint density at radius 3 is 2.90 bits per heavy atom.